The van der Waals surface area contributed by atoms with Gasteiger partial charge in [-0.2, -0.15) is 9.78 Å². The van der Waals surface area contributed by atoms with Crippen LogP contribution in [0.25, 0.3) is 5.82 Å². The highest BCUT2D eigenvalue weighted by Crippen LogP contribution is 2.26. The zero-order valence-corrected chi connectivity index (χ0v) is 21.0. The average Bonchev–Trinajstić information content (AvgIpc) is 3.20. The minimum absolute atomic E-state index is 0.0539. The van der Waals surface area contributed by atoms with Gasteiger partial charge in [-0.15, -0.1) is 0 Å². The van der Waals surface area contributed by atoms with Crippen LogP contribution in [-0.2, 0) is 11.8 Å². The fourth-order valence-electron chi connectivity index (χ4n) is 3.71. The van der Waals surface area contributed by atoms with Crippen molar-refractivity contribution < 1.29 is 4.79 Å². The van der Waals surface area contributed by atoms with Crippen molar-refractivity contribution in [2.45, 2.75) is 46.5 Å². The molecule has 0 atom stereocenters. The average molecular weight is 470 g/mol. The summed E-state index contributed by atoms with van der Waals surface area (Å²) in [6.07, 6.45) is 3.59. The van der Waals surface area contributed by atoms with Crippen molar-refractivity contribution in [2.75, 3.05) is 17.7 Å². The van der Waals surface area contributed by atoms with Crippen LogP contribution in [0.3, 0.4) is 0 Å². The SMILES string of the molecule is CNc1cc(-n2nc(C)cc2Nc2cc(C(=O)Cc3ccnc(C(C)(C)C)c3)ccc2C)ncn1. The lowest BCUT2D eigenvalue weighted by molar-refractivity contribution is 0.0993. The summed E-state index contributed by atoms with van der Waals surface area (Å²) in [6.45, 7) is 10.3. The summed E-state index contributed by atoms with van der Waals surface area (Å²) in [4.78, 5) is 26.2. The minimum atomic E-state index is -0.0707. The third-order valence-corrected chi connectivity index (χ3v) is 5.74. The predicted molar refractivity (Wildman–Crippen MR) is 139 cm³/mol. The van der Waals surface area contributed by atoms with E-state index in [1.165, 1.54) is 6.33 Å². The Morgan fingerprint density at radius 1 is 1.00 bits per heavy atom. The van der Waals surface area contributed by atoms with Gasteiger partial charge in [-0.25, -0.2) is 9.97 Å². The molecule has 3 aromatic heterocycles. The molecule has 1 aromatic carbocycles. The molecular weight excluding hydrogens is 438 g/mol. The third kappa shape index (κ3) is 5.54. The molecule has 0 amide bonds. The number of aryl methyl sites for hydroxylation is 2. The van der Waals surface area contributed by atoms with Gasteiger partial charge >= 0.3 is 0 Å². The lowest BCUT2D eigenvalue weighted by Gasteiger charge is -2.18. The Morgan fingerprint density at radius 2 is 1.80 bits per heavy atom. The molecule has 0 unspecified atom stereocenters. The number of hydrogen-bond donors (Lipinski definition) is 2. The van der Waals surface area contributed by atoms with Crippen molar-refractivity contribution in [1.82, 2.24) is 24.7 Å². The van der Waals surface area contributed by atoms with Gasteiger partial charge in [-0.3, -0.25) is 9.78 Å². The number of hydrogen-bond acceptors (Lipinski definition) is 7. The molecule has 0 radical (unpaired) electrons. The topological polar surface area (TPSA) is 97.6 Å². The zero-order chi connectivity index (χ0) is 25.2. The van der Waals surface area contributed by atoms with Crippen molar-refractivity contribution in [3.63, 3.8) is 0 Å². The summed E-state index contributed by atoms with van der Waals surface area (Å²) in [6, 6.07) is 13.4. The van der Waals surface area contributed by atoms with Gasteiger partial charge in [0.25, 0.3) is 0 Å². The first-order valence-corrected chi connectivity index (χ1v) is 11.6. The lowest BCUT2D eigenvalue weighted by Crippen LogP contribution is -2.14. The Bertz CT molecular complexity index is 1370. The smallest absolute Gasteiger partial charge is 0.167 e. The number of nitrogens with zero attached hydrogens (tertiary/aromatic N) is 5. The summed E-state index contributed by atoms with van der Waals surface area (Å²) in [5, 5.41) is 11.0. The van der Waals surface area contributed by atoms with Crippen LogP contribution in [-0.4, -0.2) is 37.6 Å². The number of rotatable bonds is 7. The molecule has 8 heteroatoms. The van der Waals surface area contributed by atoms with Crippen LogP contribution in [0.2, 0.25) is 0 Å². The van der Waals surface area contributed by atoms with Crippen molar-refractivity contribution in [1.29, 1.82) is 0 Å². The highest BCUT2D eigenvalue weighted by Gasteiger charge is 2.17. The molecule has 0 aliphatic carbocycles. The molecule has 4 rings (SSSR count). The second-order valence-electron chi connectivity index (χ2n) is 9.65. The number of nitrogens with one attached hydrogen (secondary N) is 2. The van der Waals surface area contributed by atoms with Crippen molar-refractivity contribution in [2.24, 2.45) is 0 Å². The molecule has 0 aliphatic rings. The van der Waals surface area contributed by atoms with Crippen molar-refractivity contribution >= 4 is 23.1 Å². The van der Waals surface area contributed by atoms with Crippen molar-refractivity contribution in [3.05, 3.63) is 83.1 Å². The Morgan fingerprint density at radius 3 is 2.54 bits per heavy atom. The van der Waals surface area contributed by atoms with Gasteiger partial charge in [0.1, 0.15) is 18.0 Å². The van der Waals surface area contributed by atoms with E-state index in [1.807, 2.05) is 56.3 Å². The van der Waals surface area contributed by atoms with E-state index in [2.05, 4.69) is 51.5 Å². The Balaban J connectivity index is 1.60. The fourth-order valence-corrected chi connectivity index (χ4v) is 3.71. The molecule has 0 bridgehead atoms. The largest absolute Gasteiger partial charge is 0.373 e. The number of benzene rings is 1. The molecule has 35 heavy (non-hydrogen) atoms. The van der Waals surface area contributed by atoms with Crippen LogP contribution < -0.4 is 10.6 Å². The third-order valence-electron chi connectivity index (χ3n) is 5.74. The quantitative estimate of drug-likeness (QED) is 0.360. The van der Waals surface area contributed by atoms with Gasteiger partial charge in [0.15, 0.2) is 11.6 Å². The van der Waals surface area contributed by atoms with Crippen LogP contribution >= 0.6 is 0 Å². The first-order valence-electron chi connectivity index (χ1n) is 11.6. The maximum atomic E-state index is 13.2. The second-order valence-corrected chi connectivity index (χ2v) is 9.65. The van der Waals surface area contributed by atoms with E-state index in [9.17, 15) is 4.79 Å². The summed E-state index contributed by atoms with van der Waals surface area (Å²) >= 11 is 0. The van der Waals surface area contributed by atoms with Crippen LogP contribution in [0.1, 0.15) is 53.6 Å². The van der Waals surface area contributed by atoms with E-state index >= 15 is 0 Å². The highest BCUT2D eigenvalue weighted by molar-refractivity contribution is 5.98. The van der Waals surface area contributed by atoms with Crippen LogP contribution in [0.15, 0.2) is 55.0 Å². The number of carbonyl (C=O) groups excluding carboxylic acids is 1. The second kappa shape index (κ2) is 9.66. The number of carbonyl (C=O) groups is 1. The van der Waals surface area contributed by atoms with Gasteiger partial charge in [-0.1, -0.05) is 32.9 Å². The standard InChI is InChI=1S/C27H31N7O/c1-17-7-8-20(22(35)12-19-9-10-29-23(13-19)27(3,4)5)14-21(17)32-26-11-18(2)33-34(26)25-15-24(28-6)30-16-31-25/h7-11,13-16,32H,12H2,1-6H3,(H,28,30,31). The summed E-state index contributed by atoms with van der Waals surface area (Å²) in [7, 11) is 1.81. The lowest BCUT2D eigenvalue weighted by atomic mass is 9.90. The molecule has 180 valence electrons. The van der Waals surface area contributed by atoms with Gasteiger partial charge in [0.05, 0.1) is 5.69 Å². The number of pyridine rings is 1. The first-order chi connectivity index (χ1) is 16.6. The highest BCUT2D eigenvalue weighted by atomic mass is 16.1. The number of Topliss-reactive ketones (excluding diaryl/α,β-unsaturated/α-hetero) is 1. The van der Waals surface area contributed by atoms with Gasteiger partial charge < -0.3 is 10.6 Å². The van der Waals surface area contributed by atoms with Gasteiger partial charge in [-0.05, 0) is 43.2 Å². The van der Waals surface area contributed by atoms with E-state index in [1.54, 1.807) is 17.9 Å². The van der Waals surface area contributed by atoms with E-state index in [0.29, 0.717) is 23.6 Å². The number of ketones is 1. The summed E-state index contributed by atoms with van der Waals surface area (Å²) in [5.41, 5.74) is 5.21. The molecule has 3 heterocycles. The molecule has 0 saturated carbocycles. The van der Waals surface area contributed by atoms with E-state index in [0.717, 1.165) is 34.0 Å². The Labute approximate surface area is 205 Å². The van der Waals surface area contributed by atoms with Crippen molar-refractivity contribution in [3.8, 4) is 5.82 Å². The van der Waals surface area contributed by atoms with Crippen LogP contribution in [0.5, 0.6) is 0 Å². The monoisotopic (exact) mass is 469 g/mol. The van der Waals surface area contributed by atoms with E-state index in [4.69, 9.17) is 0 Å². The maximum absolute atomic E-state index is 13.2. The number of aromatic nitrogens is 5. The minimum Gasteiger partial charge on any atom is -0.373 e. The molecule has 8 nitrogen and oxygen atoms in total. The van der Waals surface area contributed by atoms with E-state index < -0.39 is 0 Å². The Kier molecular flexibility index (Phi) is 6.64. The zero-order valence-electron chi connectivity index (χ0n) is 21.0. The molecular formula is C27H31N7O. The summed E-state index contributed by atoms with van der Waals surface area (Å²) in [5.74, 6) is 2.14. The summed E-state index contributed by atoms with van der Waals surface area (Å²) < 4.78 is 1.73. The van der Waals surface area contributed by atoms with Gasteiger partial charge in [0, 0.05) is 54.2 Å². The molecule has 0 saturated heterocycles. The maximum Gasteiger partial charge on any atom is 0.167 e. The molecule has 0 aliphatic heterocycles. The molecule has 0 spiro atoms. The van der Waals surface area contributed by atoms with Crippen LogP contribution in [0, 0.1) is 13.8 Å². The van der Waals surface area contributed by atoms with Gasteiger partial charge in [0.2, 0.25) is 0 Å². The van der Waals surface area contributed by atoms with Crippen LogP contribution in [0.4, 0.5) is 17.3 Å². The fraction of sp³-hybridized carbons (Fsp3) is 0.296. The number of anilines is 3. The molecule has 2 N–H and O–H groups in total. The normalized spacial score (nSPS) is 11.4. The molecule has 4 aromatic rings. The predicted octanol–water partition coefficient (Wildman–Crippen LogP) is 5.18. The van der Waals surface area contributed by atoms with E-state index in [-0.39, 0.29) is 11.2 Å². The Hall–Kier alpha value is -4.07. The first kappa shape index (κ1) is 24.1. The molecule has 0 fully saturated rings.